The number of carbonyl (C=O) groups is 2. The van der Waals surface area contributed by atoms with Crippen LogP contribution in [0.1, 0.15) is 75.2 Å². The average Bonchev–Trinajstić information content (AvgIpc) is 2.31. The third-order valence-electron chi connectivity index (χ3n) is 4.08. The van der Waals surface area contributed by atoms with Gasteiger partial charge in [0.25, 0.3) is 0 Å². The standard InChI is InChI=1S/C19H36O5/c1-13(2)16(22)23-11-14(20)10-15(21)24-19(9,18(6,7)8)12-17(3,4)5/h13-14,20H,10-12H2,1-9H3. The summed E-state index contributed by atoms with van der Waals surface area (Å²) in [7, 11) is 0. The molecule has 0 amide bonds. The van der Waals surface area contributed by atoms with E-state index in [9.17, 15) is 14.7 Å². The van der Waals surface area contributed by atoms with E-state index in [0.29, 0.717) is 6.42 Å². The van der Waals surface area contributed by atoms with Crippen LogP contribution in [0.2, 0.25) is 0 Å². The lowest BCUT2D eigenvalue weighted by Crippen LogP contribution is -2.47. The summed E-state index contributed by atoms with van der Waals surface area (Å²) in [5, 5.41) is 9.90. The molecule has 0 aromatic heterocycles. The van der Waals surface area contributed by atoms with Crippen LogP contribution in [0, 0.1) is 16.7 Å². The molecule has 24 heavy (non-hydrogen) atoms. The molecule has 0 aliphatic carbocycles. The highest BCUT2D eigenvalue weighted by molar-refractivity contribution is 5.72. The van der Waals surface area contributed by atoms with Crippen molar-refractivity contribution in [3.63, 3.8) is 0 Å². The van der Waals surface area contributed by atoms with Crippen molar-refractivity contribution >= 4 is 11.9 Å². The van der Waals surface area contributed by atoms with E-state index in [0.717, 1.165) is 0 Å². The Labute approximate surface area is 147 Å². The molecule has 0 saturated heterocycles. The monoisotopic (exact) mass is 344 g/mol. The molecule has 5 heteroatoms. The van der Waals surface area contributed by atoms with Crippen LogP contribution in [0.25, 0.3) is 0 Å². The van der Waals surface area contributed by atoms with Crippen molar-refractivity contribution in [1.29, 1.82) is 0 Å². The number of ether oxygens (including phenoxy) is 2. The first-order valence-electron chi connectivity index (χ1n) is 8.64. The highest BCUT2D eigenvalue weighted by Crippen LogP contribution is 2.42. The zero-order valence-corrected chi connectivity index (χ0v) is 16.9. The van der Waals surface area contributed by atoms with Crippen LogP contribution in [-0.2, 0) is 19.1 Å². The molecular formula is C19H36O5. The molecule has 0 radical (unpaired) electrons. The zero-order valence-electron chi connectivity index (χ0n) is 16.9. The second-order valence-corrected chi connectivity index (χ2v) is 9.34. The highest BCUT2D eigenvalue weighted by atomic mass is 16.6. The Bertz CT molecular complexity index is 428. The molecule has 0 heterocycles. The fraction of sp³-hybridized carbons (Fsp3) is 0.895. The van der Waals surface area contributed by atoms with Gasteiger partial charge in [0.2, 0.25) is 0 Å². The average molecular weight is 344 g/mol. The number of carbonyl (C=O) groups excluding carboxylic acids is 2. The van der Waals surface area contributed by atoms with Crippen LogP contribution in [0.4, 0.5) is 0 Å². The number of esters is 2. The smallest absolute Gasteiger partial charge is 0.309 e. The summed E-state index contributed by atoms with van der Waals surface area (Å²) in [6, 6.07) is 0. The van der Waals surface area contributed by atoms with Gasteiger partial charge in [0.1, 0.15) is 12.2 Å². The molecule has 0 aromatic carbocycles. The number of rotatable bonds is 7. The van der Waals surface area contributed by atoms with Gasteiger partial charge in [-0.1, -0.05) is 55.4 Å². The Hall–Kier alpha value is -1.10. The molecule has 0 rings (SSSR count). The first-order chi connectivity index (χ1) is 10.6. The minimum absolute atomic E-state index is 0.00623. The van der Waals surface area contributed by atoms with Crippen LogP contribution in [0.5, 0.6) is 0 Å². The van der Waals surface area contributed by atoms with Gasteiger partial charge in [0, 0.05) is 5.41 Å². The van der Waals surface area contributed by atoms with Crippen LogP contribution < -0.4 is 0 Å². The summed E-state index contributed by atoms with van der Waals surface area (Å²) < 4.78 is 10.7. The third kappa shape index (κ3) is 8.13. The largest absolute Gasteiger partial charge is 0.463 e. The van der Waals surface area contributed by atoms with E-state index in [4.69, 9.17) is 9.47 Å². The number of hydrogen-bond acceptors (Lipinski definition) is 5. The first-order valence-corrected chi connectivity index (χ1v) is 8.64. The number of hydrogen-bond donors (Lipinski definition) is 1. The maximum absolute atomic E-state index is 12.3. The lowest BCUT2D eigenvalue weighted by atomic mass is 9.69. The van der Waals surface area contributed by atoms with E-state index in [-0.39, 0.29) is 29.8 Å². The molecule has 0 bridgehead atoms. The van der Waals surface area contributed by atoms with Crippen molar-refractivity contribution in [3.8, 4) is 0 Å². The summed E-state index contributed by atoms with van der Waals surface area (Å²) in [6.45, 7) is 17.6. The van der Waals surface area contributed by atoms with Crippen LogP contribution in [0.15, 0.2) is 0 Å². The van der Waals surface area contributed by atoms with Gasteiger partial charge in [-0.3, -0.25) is 9.59 Å². The second-order valence-electron chi connectivity index (χ2n) is 9.34. The Balaban J connectivity index is 4.77. The lowest BCUT2D eigenvalue weighted by molar-refractivity contribution is -0.178. The summed E-state index contributed by atoms with van der Waals surface area (Å²) in [6.07, 6.45) is -0.548. The molecule has 2 atom stereocenters. The minimum atomic E-state index is -1.06. The molecule has 2 unspecified atom stereocenters. The van der Waals surface area contributed by atoms with Crippen molar-refractivity contribution in [2.45, 2.75) is 86.9 Å². The van der Waals surface area contributed by atoms with Gasteiger partial charge in [-0.05, 0) is 18.8 Å². The van der Waals surface area contributed by atoms with Gasteiger partial charge >= 0.3 is 11.9 Å². The predicted octanol–water partition coefficient (Wildman–Crippen LogP) is 3.72. The van der Waals surface area contributed by atoms with E-state index in [1.165, 1.54) is 0 Å². The first kappa shape index (κ1) is 22.9. The van der Waals surface area contributed by atoms with Crippen LogP contribution in [0.3, 0.4) is 0 Å². The molecule has 0 aliphatic heterocycles. The van der Waals surface area contributed by atoms with Gasteiger partial charge < -0.3 is 14.6 Å². The van der Waals surface area contributed by atoms with E-state index in [1.54, 1.807) is 13.8 Å². The molecule has 0 aromatic rings. The van der Waals surface area contributed by atoms with E-state index >= 15 is 0 Å². The summed E-state index contributed by atoms with van der Waals surface area (Å²) in [5.41, 5.74) is -0.907. The van der Waals surface area contributed by atoms with E-state index in [1.807, 2.05) is 27.7 Å². The predicted molar refractivity (Wildman–Crippen MR) is 94.4 cm³/mol. The maximum Gasteiger partial charge on any atom is 0.309 e. The van der Waals surface area contributed by atoms with E-state index < -0.39 is 23.6 Å². The summed E-state index contributed by atoms with van der Waals surface area (Å²) >= 11 is 0. The lowest BCUT2D eigenvalue weighted by Gasteiger charge is -2.44. The van der Waals surface area contributed by atoms with Crippen molar-refractivity contribution in [2.24, 2.45) is 16.7 Å². The highest BCUT2D eigenvalue weighted by Gasteiger charge is 2.44. The molecule has 142 valence electrons. The molecular weight excluding hydrogens is 308 g/mol. The second kappa shape index (κ2) is 8.32. The summed E-state index contributed by atoms with van der Waals surface area (Å²) in [5.74, 6) is -1.14. The molecule has 0 aliphatic rings. The topological polar surface area (TPSA) is 72.8 Å². The van der Waals surface area contributed by atoms with Gasteiger partial charge in [0.05, 0.1) is 18.4 Å². The SMILES string of the molecule is CC(C)C(=O)OCC(O)CC(=O)OC(C)(CC(C)(C)C)C(C)(C)C. The Morgan fingerprint density at radius 1 is 1.00 bits per heavy atom. The fourth-order valence-corrected chi connectivity index (χ4v) is 2.36. The Morgan fingerprint density at radius 2 is 1.50 bits per heavy atom. The Kier molecular flexibility index (Phi) is 7.94. The summed E-state index contributed by atoms with van der Waals surface area (Å²) in [4.78, 5) is 23.7. The number of aliphatic hydroxyl groups excluding tert-OH is 1. The quantitative estimate of drug-likeness (QED) is 0.713. The zero-order chi connectivity index (χ0) is 19.3. The minimum Gasteiger partial charge on any atom is -0.463 e. The van der Waals surface area contributed by atoms with Crippen molar-refractivity contribution in [1.82, 2.24) is 0 Å². The fourth-order valence-electron chi connectivity index (χ4n) is 2.36. The van der Waals surface area contributed by atoms with Gasteiger partial charge in [-0.2, -0.15) is 0 Å². The number of aliphatic hydroxyl groups is 1. The maximum atomic E-state index is 12.3. The van der Waals surface area contributed by atoms with Gasteiger partial charge in [-0.15, -0.1) is 0 Å². The van der Waals surface area contributed by atoms with Gasteiger partial charge in [-0.25, -0.2) is 0 Å². The van der Waals surface area contributed by atoms with Crippen molar-refractivity contribution in [2.75, 3.05) is 6.61 Å². The van der Waals surface area contributed by atoms with Gasteiger partial charge in [0.15, 0.2) is 0 Å². The van der Waals surface area contributed by atoms with Crippen LogP contribution >= 0.6 is 0 Å². The molecule has 0 spiro atoms. The van der Waals surface area contributed by atoms with Crippen molar-refractivity contribution in [3.05, 3.63) is 0 Å². The van der Waals surface area contributed by atoms with Crippen LogP contribution in [-0.4, -0.2) is 35.4 Å². The Morgan fingerprint density at radius 3 is 1.88 bits per heavy atom. The third-order valence-corrected chi connectivity index (χ3v) is 4.08. The normalized spacial score (nSPS) is 16.5. The molecule has 0 saturated carbocycles. The van der Waals surface area contributed by atoms with E-state index in [2.05, 4.69) is 20.8 Å². The van der Waals surface area contributed by atoms with Crippen molar-refractivity contribution < 1.29 is 24.2 Å². The molecule has 5 nitrogen and oxygen atoms in total. The molecule has 1 N–H and O–H groups in total. The molecule has 0 fully saturated rings.